The van der Waals surface area contributed by atoms with E-state index in [1.165, 1.54) is 0 Å². The largest absolute Gasteiger partial charge is 0.334 e. The van der Waals surface area contributed by atoms with Gasteiger partial charge in [0.05, 0.1) is 0 Å². The summed E-state index contributed by atoms with van der Waals surface area (Å²) in [5.41, 5.74) is 2.05. The fraction of sp³-hybridized carbons (Fsp3) is 0.133. The molecule has 3 nitrogen and oxygen atoms in total. The highest BCUT2D eigenvalue weighted by Gasteiger charge is 2.01. The van der Waals surface area contributed by atoms with Crippen LogP contribution in [-0.2, 0) is 13.1 Å². The Morgan fingerprint density at radius 3 is 2.30 bits per heavy atom. The van der Waals surface area contributed by atoms with Crippen LogP contribution < -0.4 is 10.6 Å². The molecule has 20 heavy (non-hydrogen) atoms. The molecule has 0 atom stereocenters. The number of halogens is 2. The number of benzene rings is 2. The van der Waals surface area contributed by atoms with Gasteiger partial charge >= 0.3 is 6.03 Å². The monoisotopic (exact) mass is 352 g/mol. The Balaban J connectivity index is 1.77. The number of carbonyl (C=O) groups is 1. The van der Waals surface area contributed by atoms with Crippen molar-refractivity contribution in [3.63, 3.8) is 0 Å². The number of hydrogen-bond acceptors (Lipinski definition) is 1. The van der Waals surface area contributed by atoms with Crippen molar-refractivity contribution in [2.75, 3.05) is 0 Å². The standard InChI is InChI=1S/C15H14BrClN2O/c16-13-3-1-2-12(8-13)10-19-15(20)18-9-11-4-6-14(17)7-5-11/h1-8H,9-10H2,(H2,18,19,20). The molecule has 0 fully saturated rings. The zero-order valence-electron chi connectivity index (χ0n) is 10.7. The van der Waals surface area contributed by atoms with Crippen LogP contribution in [0.15, 0.2) is 53.0 Å². The molecule has 0 aliphatic heterocycles. The van der Waals surface area contributed by atoms with Crippen LogP contribution in [0.2, 0.25) is 5.02 Å². The van der Waals surface area contributed by atoms with Gasteiger partial charge < -0.3 is 10.6 Å². The Bertz CT molecular complexity index is 587. The molecule has 0 unspecified atom stereocenters. The molecule has 0 aliphatic carbocycles. The maximum atomic E-state index is 11.7. The molecule has 2 aromatic carbocycles. The van der Waals surface area contributed by atoms with Crippen molar-refractivity contribution in [1.82, 2.24) is 10.6 Å². The highest BCUT2D eigenvalue weighted by Crippen LogP contribution is 2.11. The summed E-state index contributed by atoms with van der Waals surface area (Å²) in [6.45, 7) is 0.966. The highest BCUT2D eigenvalue weighted by molar-refractivity contribution is 9.10. The molecule has 2 amide bonds. The molecule has 0 saturated heterocycles. The summed E-state index contributed by atoms with van der Waals surface area (Å²) < 4.78 is 0.998. The first-order valence-corrected chi connectivity index (χ1v) is 7.31. The van der Waals surface area contributed by atoms with Crippen LogP contribution in [0.5, 0.6) is 0 Å². The highest BCUT2D eigenvalue weighted by atomic mass is 79.9. The predicted molar refractivity (Wildman–Crippen MR) is 84.7 cm³/mol. The van der Waals surface area contributed by atoms with Gasteiger partial charge in [0.2, 0.25) is 0 Å². The number of hydrogen-bond donors (Lipinski definition) is 2. The van der Waals surface area contributed by atoms with Crippen molar-refractivity contribution in [2.45, 2.75) is 13.1 Å². The van der Waals surface area contributed by atoms with Crippen LogP contribution >= 0.6 is 27.5 Å². The van der Waals surface area contributed by atoms with E-state index in [0.29, 0.717) is 18.1 Å². The Kier molecular flexibility index (Phi) is 5.44. The van der Waals surface area contributed by atoms with Crippen LogP contribution in [-0.4, -0.2) is 6.03 Å². The van der Waals surface area contributed by atoms with E-state index in [1.807, 2.05) is 36.4 Å². The minimum atomic E-state index is -0.195. The van der Waals surface area contributed by atoms with Crippen molar-refractivity contribution >= 4 is 33.6 Å². The van der Waals surface area contributed by atoms with E-state index in [-0.39, 0.29) is 6.03 Å². The third kappa shape index (κ3) is 4.87. The Hall–Kier alpha value is -1.52. The van der Waals surface area contributed by atoms with Gasteiger partial charge in [0, 0.05) is 22.6 Å². The van der Waals surface area contributed by atoms with Gasteiger partial charge in [-0.3, -0.25) is 0 Å². The minimum absolute atomic E-state index is 0.195. The van der Waals surface area contributed by atoms with Crippen LogP contribution in [0.25, 0.3) is 0 Å². The minimum Gasteiger partial charge on any atom is -0.334 e. The quantitative estimate of drug-likeness (QED) is 0.853. The maximum Gasteiger partial charge on any atom is 0.315 e. The van der Waals surface area contributed by atoms with E-state index in [0.717, 1.165) is 15.6 Å². The molecule has 104 valence electrons. The number of nitrogens with one attached hydrogen (secondary N) is 2. The molecule has 2 aromatic rings. The van der Waals surface area contributed by atoms with Crippen LogP contribution in [0.1, 0.15) is 11.1 Å². The lowest BCUT2D eigenvalue weighted by atomic mass is 10.2. The van der Waals surface area contributed by atoms with E-state index >= 15 is 0 Å². The summed E-state index contributed by atoms with van der Waals surface area (Å²) in [5, 5.41) is 6.30. The van der Waals surface area contributed by atoms with E-state index in [9.17, 15) is 4.79 Å². The third-order valence-electron chi connectivity index (χ3n) is 2.71. The number of urea groups is 1. The van der Waals surface area contributed by atoms with Crippen LogP contribution in [0.3, 0.4) is 0 Å². The molecule has 0 spiro atoms. The second-order valence-corrected chi connectivity index (χ2v) is 5.64. The average molecular weight is 354 g/mol. The van der Waals surface area contributed by atoms with Crippen molar-refractivity contribution in [3.05, 3.63) is 69.2 Å². The second kappa shape index (κ2) is 7.31. The summed E-state index contributed by atoms with van der Waals surface area (Å²) in [6.07, 6.45) is 0. The maximum absolute atomic E-state index is 11.7. The molecule has 5 heteroatoms. The van der Waals surface area contributed by atoms with Crippen LogP contribution in [0, 0.1) is 0 Å². The first-order chi connectivity index (χ1) is 9.63. The average Bonchev–Trinajstić information content (AvgIpc) is 2.45. The molecule has 0 saturated carbocycles. The molecule has 0 bridgehead atoms. The summed E-state index contributed by atoms with van der Waals surface area (Å²) >= 11 is 9.20. The topological polar surface area (TPSA) is 41.1 Å². The lowest BCUT2D eigenvalue weighted by molar-refractivity contribution is 0.240. The summed E-state index contributed by atoms with van der Waals surface area (Å²) in [7, 11) is 0. The lowest BCUT2D eigenvalue weighted by Crippen LogP contribution is -2.34. The Labute approximate surface area is 131 Å². The van der Waals surface area contributed by atoms with E-state index in [4.69, 9.17) is 11.6 Å². The summed E-state index contributed by atoms with van der Waals surface area (Å²) in [4.78, 5) is 11.7. The SMILES string of the molecule is O=C(NCc1ccc(Cl)cc1)NCc1cccc(Br)c1. The first kappa shape index (κ1) is 14.9. The van der Waals surface area contributed by atoms with Gasteiger partial charge in [-0.15, -0.1) is 0 Å². The van der Waals surface area contributed by atoms with Crippen molar-refractivity contribution in [3.8, 4) is 0 Å². The summed E-state index contributed by atoms with van der Waals surface area (Å²) in [5.74, 6) is 0. The van der Waals surface area contributed by atoms with Crippen molar-refractivity contribution < 1.29 is 4.79 Å². The molecular weight excluding hydrogens is 340 g/mol. The van der Waals surface area contributed by atoms with E-state index in [1.54, 1.807) is 12.1 Å². The molecule has 0 aromatic heterocycles. The van der Waals surface area contributed by atoms with Gasteiger partial charge in [-0.25, -0.2) is 4.79 Å². The smallest absolute Gasteiger partial charge is 0.315 e. The fourth-order valence-corrected chi connectivity index (χ4v) is 2.25. The normalized spacial score (nSPS) is 10.1. The fourth-order valence-electron chi connectivity index (χ4n) is 1.68. The van der Waals surface area contributed by atoms with E-state index in [2.05, 4.69) is 26.6 Å². The predicted octanol–water partition coefficient (Wildman–Crippen LogP) is 4.10. The van der Waals surface area contributed by atoms with Gasteiger partial charge in [-0.2, -0.15) is 0 Å². The molecular formula is C15H14BrClN2O. The van der Waals surface area contributed by atoms with E-state index < -0.39 is 0 Å². The second-order valence-electron chi connectivity index (χ2n) is 4.29. The zero-order valence-corrected chi connectivity index (χ0v) is 13.0. The number of amides is 2. The first-order valence-electron chi connectivity index (χ1n) is 6.14. The van der Waals surface area contributed by atoms with Gasteiger partial charge in [-0.05, 0) is 35.4 Å². The third-order valence-corrected chi connectivity index (χ3v) is 3.45. The molecule has 0 heterocycles. The molecule has 2 rings (SSSR count). The number of rotatable bonds is 4. The van der Waals surface area contributed by atoms with Crippen LogP contribution in [0.4, 0.5) is 4.79 Å². The van der Waals surface area contributed by atoms with Crippen molar-refractivity contribution in [1.29, 1.82) is 0 Å². The summed E-state index contributed by atoms with van der Waals surface area (Å²) in [6, 6.07) is 15.0. The van der Waals surface area contributed by atoms with Gasteiger partial charge in [-0.1, -0.05) is 51.8 Å². The molecule has 0 aliphatic rings. The Morgan fingerprint density at radius 1 is 1.00 bits per heavy atom. The van der Waals surface area contributed by atoms with Crippen molar-refractivity contribution in [2.24, 2.45) is 0 Å². The van der Waals surface area contributed by atoms with Gasteiger partial charge in [0.1, 0.15) is 0 Å². The number of carbonyl (C=O) groups excluding carboxylic acids is 1. The van der Waals surface area contributed by atoms with Gasteiger partial charge in [0.15, 0.2) is 0 Å². The van der Waals surface area contributed by atoms with Gasteiger partial charge in [0.25, 0.3) is 0 Å². The zero-order chi connectivity index (χ0) is 14.4. The molecule has 0 radical (unpaired) electrons. The lowest BCUT2D eigenvalue weighted by Gasteiger charge is -2.08. The Morgan fingerprint density at radius 2 is 1.65 bits per heavy atom. The molecule has 2 N–H and O–H groups in total.